The topological polar surface area (TPSA) is 99.6 Å². The van der Waals surface area contributed by atoms with Gasteiger partial charge >= 0.3 is 0 Å². The van der Waals surface area contributed by atoms with Crippen molar-refractivity contribution in [3.05, 3.63) is 30.0 Å². The van der Waals surface area contributed by atoms with E-state index in [1.807, 2.05) is 31.3 Å². The second kappa shape index (κ2) is 6.82. The molecular formula is C21H26N6O3. The lowest BCUT2D eigenvalue weighted by Crippen LogP contribution is -2.56. The molecule has 0 unspecified atom stereocenters. The van der Waals surface area contributed by atoms with E-state index in [1.54, 1.807) is 18.7 Å². The molecule has 2 aliphatic heterocycles. The van der Waals surface area contributed by atoms with E-state index in [-0.39, 0.29) is 12.1 Å². The van der Waals surface area contributed by atoms with Crippen LogP contribution < -0.4 is 14.5 Å². The Hall–Kier alpha value is -2.91. The number of anilines is 3. The minimum Gasteiger partial charge on any atom is -0.485 e. The first-order valence-corrected chi connectivity index (χ1v) is 10.1. The van der Waals surface area contributed by atoms with Crippen LogP contribution in [-0.2, 0) is 10.3 Å². The first-order valence-electron chi connectivity index (χ1n) is 10.1. The van der Waals surface area contributed by atoms with Crippen LogP contribution in [0, 0.1) is 0 Å². The first kappa shape index (κ1) is 19.1. The van der Waals surface area contributed by atoms with Gasteiger partial charge in [0, 0.05) is 7.05 Å². The number of aromatic amines is 1. The third-order valence-corrected chi connectivity index (χ3v) is 5.61. The van der Waals surface area contributed by atoms with Gasteiger partial charge in [-0.3, -0.25) is 4.90 Å². The lowest BCUT2D eigenvalue weighted by atomic mass is 10.0. The highest BCUT2D eigenvalue weighted by Crippen LogP contribution is 2.42. The van der Waals surface area contributed by atoms with Crippen molar-refractivity contribution >= 4 is 28.7 Å². The average Bonchev–Trinajstić information content (AvgIpc) is 3.15. The van der Waals surface area contributed by atoms with Crippen molar-refractivity contribution in [2.75, 3.05) is 36.7 Å². The normalized spacial score (nSPS) is 21.2. The van der Waals surface area contributed by atoms with Gasteiger partial charge in [0.2, 0.25) is 11.9 Å². The van der Waals surface area contributed by atoms with Gasteiger partial charge in [-0.05, 0) is 32.9 Å². The van der Waals surface area contributed by atoms with Crippen LogP contribution in [0.4, 0.5) is 17.7 Å². The fourth-order valence-corrected chi connectivity index (χ4v) is 4.08. The van der Waals surface area contributed by atoms with Crippen LogP contribution in [0.2, 0.25) is 0 Å². The number of nitrogens with zero attached hydrogens (tertiary/aromatic N) is 5. The monoisotopic (exact) mass is 410 g/mol. The molecule has 2 atom stereocenters. The first-order chi connectivity index (χ1) is 14.3. The van der Waals surface area contributed by atoms with Crippen molar-refractivity contribution in [1.29, 1.82) is 0 Å². The number of H-pyrrole nitrogens is 1. The van der Waals surface area contributed by atoms with Crippen molar-refractivity contribution < 1.29 is 14.6 Å². The highest BCUT2D eigenvalue weighted by molar-refractivity contribution is 5.78. The minimum absolute atomic E-state index is 0.0789. The predicted molar refractivity (Wildman–Crippen MR) is 113 cm³/mol. The number of aromatic nitrogens is 4. The Balaban J connectivity index is 1.64. The second-order valence-corrected chi connectivity index (χ2v) is 8.48. The van der Waals surface area contributed by atoms with E-state index >= 15 is 0 Å². The van der Waals surface area contributed by atoms with Gasteiger partial charge in [0.1, 0.15) is 17.9 Å². The third-order valence-electron chi connectivity index (χ3n) is 5.61. The van der Waals surface area contributed by atoms with Crippen molar-refractivity contribution in [3.8, 4) is 5.75 Å². The molecule has 5 rings (SSSR count). The summed E-state index contributed by atoms with van der Waals surface area (Å²) in [7, 11) is 1.86. The van der Waals surface area contributed by atoms with Crippen LogP contribution in [0.15, 0.2) is 24.3 Å². The lowest BCUT2D eigenvalue weighted by molar-refractivity contribution is 0.0425. The third kappa shape index (κ3) is 3.05. The van der Waals surface area contributed by atoms with Crippen molar-refractivity contribution in [3.63, 3.8) is 0 Å². The standard InChI is InChI=1S/C21H26N6O3/c1-12-9-29-10-13-11-30-16-17(21(2,3)28)24-20(25-18(16)27(12)13)26(4)19-22-14-7-5-6-8-15(14)23-19/h5-8,12-13,28H,9-11H2,1-4H3,(H,22,23)/t12-,13+/m1/s1. The summed E-state index contributed by atoms with van der Waals surface area (Å²) in [6, 6.07) is 8.06. The SMILES string of the molecule is C[C@@H]1COC[C@H]2COc3c(nc(N(C)c4nc5ccccc5[nH]4)nc3C(C)(C)O)N21. The van der Waals surface area contributed by atoms with Crippen molar-refractivity contribution in [1.82, 2.24) is 19.9 Å². The summed E-state index contributed by atoms with van der Waals surface area (Å²) < 4.78 is 11.7. The Bertz CT molecular complexity index is 1060. The van der Waals surface area contributed by atoms with Gasteiger partial charge in [0.25, 0.3) is 0 Å². The lowest BCUT2D eigenvalue weighted by Gasteiger charge is -2.45. The van der Waals surface area contributed by atoms with Gasteiger partial charge in [0.05, 0.1) is 36.3 Å². The number of ether oxygens (including phenoxy) is 2. The average molecular weight is 410 g/mol. The minimum atomic E-state index is -1.20. The molecule has 4 heterocycles. The van der Waals surface area contributed by atoms with Gasteiger partial charge in [-0.25, -0.2) is 9.97 Å². The number of aliphatic hydroxyl groups is 1. The quantitative estimate of drug-likeness (QED) is 0.679. The van der Waals surface area contributed by atoms with Crippen LogP contribution in [0.5, 0.6) is 5.75 Å². The maximum absolute atomic E-state index is 10.8. The summed E-state index contributed by atoms with van der Waals surface area (Å²) in [5.74, 6) is 2.29. The van der Waals surface area contributed by atoms with E-state index in [0.29, 0.717) is 49.0 Å². The summed E-state index contributed by atoms with van der Waals surface area (Å²) in [5, 5.41) is 10.8. The van der Waals surface area contributed by atoms with Crippen LogP contribution in [0.3, 0.4) is 0 Å². The Morgan fingerprint density at radius 1 is 1.17 bits per heavy atom. The largest absolute Gasteiger partial charge is 0.485 e. The number of fused-ring (bicyclic) bond motifs is 4. The summed E-state index contributed by atoms with van der Waals surface area (Å²) >= 11 is 0. The highest BCUT2D eigenvalue weighted by Gasteiger charge is 2.40. The van der Waals surface area contributed by atoms with Gasteiger partial charge in [-0.1, -0.05) is 12.1 Å². The molecule has 1 fully saturated rings. The molecule has 0 bridgehead atoms. The molecular weight excluding hydrogens is 384 g/mol. The predicted octanol–water partition coefficient (Wildman–Crippen LogP) is 2.33. The van der Waals surface area contributed by atoms with Crippen LogP contribution in [0.1, 0.15) is 26.5 Å². The van der Waals surface area contributed by atoms with E-state index in [9.17, 15) is 5.11 Å². The molecule has 9 heteroatoms. The highest BCUT2D eigenvalue weighted by atomic mass is 16.5. The molecule has 2 aromatic heterocycles. The summed E-state index contributed by atoms with van der Waals surface area (Å²) in [5.41, 5.74) is 1.07. The molecule has 0 radical (unpaired) electrons. The molecule has 1 aromatic carbocycles. The molecule has 0 amide bonds. The van der Waals surface area contributed by atoms with E-state index in [0.717, 1.165) is 11.0 Å². The van der Waals surface area contributed by atoms with E-state index in [1.165, 1.54) is 0 Å². The van der Waals surface area contributed by atoms with E-state index in [2.05, 4.69) is 26.8 Å². The number of benzene rings is 1. The van der Waals surface area contributed by atoms with Gasteiger partial charge in [0.15, 0.2) is 11.6 Å². The molecule has 2 N–H and O–H groups in total. The second-order valence-electron chi connectivity index (χ2n) is 8.48. The van der Waals surface area contributed by atoms with Crippen molar-refractivity contribution in [2.45, 2.75) is 38.5 Å². The Morgan fingerprint density at radius 2 is 1.97 bits per heavy atom. The Kier molecular flexibility index (Phi) is 4.33. The number of morpholine rings is 1. The fourth-order valence-electron chi connectivity index (χ4n) is 4.08. The van der Waals surface area contributed by atoms with Crippen LogP contribution in [-0.4, -0.2) is 64.0 Å². The maximum atomic E-state index is 10.8. The van der Waals surface area contributed by atoms with Gasteiger partial charge < -0.3 is 24.5 Å². The maximum Gasteiger partial charge on any atom is 0.234 e. The van der Waals surface area contributed by atoms with E-state index in [4.69, 9.17) is 14.5 Å². The number of rotatable bonds is 3. The fraction of sp³-hybridized carbons (Fsp3) is 0.476. The molecule has 0 saturated carbocycles. The molecule has 2 aliphatic rings. The zero-order chi connectivity index (χ0) is 21.0. The molecule has 30 heavy (non-hydrogen) atoms. The molecule has 158 valence electrons. The van der Waals surface area contributed by atoms with Crippen LogP contribution >= 0.6 is 0 Å². The Labute approximate surface area is 174 Å². The summed E-state index contributed by atoms with van der Waals surface area (Å²) in [6.45, 7) is 7.20. The molecule has 9 nitrogen and oxygen atoms in total. The Morgan fingerprint density at radius 3 is 2.73 bits per heavy atom. The molecule has 0 aliphatic carbocycles. The zero-order valence-electron chi connectivity index (χ0n) is 17.6. The summed E-state index contributed by atoms with van der Waals surface area (Å²) in [6.07, 6.45) is 0. The number of hydrogen-bond acceptors (Lipinski definition) is 8. The van der Waals surface area contributed by atoms with Crippen LogP contribution in [0.25, 0.3) is 11.0 Å². The number of imidazole rings is 1. The van der Waals surface area contributed by atoms with Gasteiger partial charge in [-0.15, -0.1) is 0 Å². The smallest absolute Gasteiger partial charge is 0.234 e. The van der Waals surface area contributed by atoms with Gasteiger partial charge in [-0.2, -0.15) is 4.98 Å². The molecule has 0 spiro atoms. The number of para-hydroxylation sites is 2. The van der Waals surface area contributed by atoms with E-state index < -0.39 is 5.60 Å². The number of hydrogen-bond donors (Lipinski definition) is 2. The van der Waals surface area contributed by atoms with Crippen molar-refractivity contribution in [2.24, 2.45) is 0 Å². The number of nitrogens with one attached hydrogen (secondary N) is 1. The molecule has 3 aromatic rings. The molecule has 1 saturated heterocycles. The summed E-state index contributed by atoms with van der Waals surface area (Å²) in [4.78, 5) is 21.5. The zero-order valence-corrected chi connectivity index (χ0v) is 17.6.